The summed E-state index contributed by atoms with van der Waals surface area (Å²) < 4.78 is 5.23. The maximum Gasteiger partial charge on any atom is 0.304 e. The number of phenols is 1. The lowest BCUT2D eigenvalue weighted by atomic mass is 9.98. The van der Waals surface area contributed by atoms with Crippen molar-refractivity contribution in [1.82, 2.24) is 0 Å². The molecule has 0 saturated carbocycles. The number of carboxylic acids is 1. The van der Waals surface area contributed by atoms with Crippen molar-refractivity contribution in [2.24, 2.45) is 0 Å². The monoisotopic (exact) mass is 194 g/mol. The van der Waals surface area contributed by atoms with Gasteiger partial charge >= 0.3 is 5.97 Å². The van der Waals surface area contributed by atoms with Gasteiger partial charge in [-0.2, -0.15) is 0 Å². The van der Waals surface area contributed by atoms with Crippen molar-refractivity contribution in [3.63, 3.8) is 0 Å². The Kier molecular flexibility index (Phi) is 2.04. The number of hydrogen-bond donors (Lipinski definition) is 2. The number of carboxylic acid groups (broad SMARTS) is 1. The predicted molar refractivity (Wildman–Crippen MR) is 48.6 cm³/mol. The van der Waals surface area contributed by atoms with E-state index in [9.17, 15) is 9.90 Å². The maximum absolute atomic E-state index is 10.5. The molecule has 1 heterocycles. The van der Waals surface area contributed by atoms with Crippen molar-refractivity contribution in [3.8, 4) is 11.5 Å². The van der Waals surface area contributed by atoms with Crippen LogP contribution in [-0.2, 0) is 4.79 Å². The van der Waals surface area contributed by atoms with E-state index >= 15 is 0 Å². The number of rotatable bonds is 2. The molecule has 14 heavy (non-hydrogen) atoms. The fourth-order valence-electron chi connectivity index (χ4n) is 1.67. The number of phenolic OH excluding ortho intramolecular Hbond substituents is 1. The van der Waals surface area contributed by atoms with Crippen molar-refractivity contribution in [2.75, 3.05) is 6.61 Å². The van der Waals surface area contributed by atoms with Crippen LogP contribution in [0.4, 0.5) is 0 Å². The first-order chi connectivity index (χ1) is 6.68. The highest BCUT2D eigenvalue weighted by molar-refractivity contribution is 5.69. The van der Waals surface area contributed by atoms with E-state index in [0.29, 0.717) is 12.4 Å². The minimum Gasteiger partial charge on any atom is -0.504 e. The first-order valence-corrected chi connectivity index (χ1v) is 4.35. The Morgan fingerprint density at radius 2 is 2.36 bits per heavy atom. The average molecular weight is 194 g/mol. The standard InChI is InChI=1S/C10H10O4/c11-8-3-1-2-7-6(4-9(12)13)5-14-10(7)8/h1-3,6,11H,4-5H2,(H,12,13). The van der Waals surface area contributed by atoms with Gasteiger partial charge < -0.3 is 14.9 Å². The molecule has 0 aliphatic carbocycles. The smallest absolute Gasteiger partial charge is 0.304 e. The molecule has 0 radical (unpaired) electrons. The van der Waals surface area contributed by atoms with E-state index in [2.05, 4.69) is 0 Å². The molecule has 0 fully saturated rings. The summed E-state index contributed by atoms with van der Waals surface area (Å²) in [7, 11) is 0. The largest absolute Gasteiger partial charge is 0.504 e. The van der Waals surface area contributed by atoms with E-state index in [4.69, 9.17) is 9.84 Å². The normalized spacial score (nSPS) is 18.7. The van der Waals surface area contributed by atoms with Crippen molar-refractivity contribution in [3.05, 3.63) is 23.8 Å². The van der Waals surface area contributed by atoms with Gasteiger partial charge in [0.25, 0.3) is 0 Å². The number of aromatic hydroxyl groups is 1. The van der Waals surface area contributed by atoms with Gasteiger partial charge in [0, 0.05) is 11.5 Å². The first kappa shape index (κ1) is 8.87. The van der Waals surface area contributed by atoms with Gasteiger partial charge in [-0.05, 0) is 6.07 Å². The number of aliphatic carboxylic acids is 1. The summed E-state index contributed by atoms with van der Waals surface area (Å²) in [5, 5.41) is 18.1. The number of hydrogen-bond acceptors (Lipinski definition) is 3. The van der Waals surface area contributed by atoms with Crippen molar-refractivity contribution in [2.45, 2.75) is 12.3 Å². The highest BCUT2D eigenvalue weighted by atomic mass is 16.5. The third-order valence-electron chi connectivity index (χ3n) is 2.31. The quantitative estimate of drug-likeness (QED) is 0.745. The molecule has 1 aromatic carbocycles. The van der Waals surface area contributed by atoms with Gasteiger partial charge in [0.1, 0.15) is 0 Å². The Hall–Kier alpha value is -1.71. The molecule has 2 N–H and O–H groups in total. The summed E-state index contributed by atoms with van der Waals surface area (Å²) in [5.74, 6) is -0.487. The van der Waals surface area contributed by atoms with Crippen LogP contribution >= 0.6 is 0 Å². The highest BCUT2D eigenvalue weighted by Gasteiger charge is 2.27. The lowest BCUT2D eigenvalue weighted by Gasteiger charge is -2.04. The van der Waals surface area contributed by atoms with Crippen LogP contribution in [0.25, 0.3) is 0 Å². The Labute approximate surface area is 80.7 Å². The molecule has 0 bridgehead atoms. The summed E-state index contributed by atoms with van der Waals surface area (Å²) in [6, 6.07) is 5.01. The highest BCUT2D eigenvalue weighted by Crippen LogP contribution is 2.41. The number of fused-ring (bicyclic) bond motifs is 1. The maximum atomic E-state index is 10.5. The van der Waals surface area contributed by atoms with E-state index in [1.165, 1.54) is 6.07 Å². The molecule has 74 valence electrons. The second kappa shape index (κ2) is 3.21. The van der Waals surface area contributed by atoms with Crippen LogP contribution in [-0.4, -0.2) is 22.8 Å². The molecule has 2 rings (SSSR count). The SMILES string of the molecule is O=C(O)CC1COc2c(O)cccc21. The van der Waals surface area contributed by atoms with E-state index in [1.807, 2.05) is 0 Å². The molecule has 0 saturated heterocycles. The van der Waals surface area contributed by atoms with Gasteiger partial charge in [-0.15, -0.1) is 0 Å². The second-order valence-corrected chi connectivity index (χ2v) is 3.30. The van der Waals surface area contributed by atoms with E-state index < -0.39 is 5.97 Å². The molecule has 1 aromatic rings. The third-order valence-corrected chi connectivity index (χ3v) is 2.31. The Morgan fingerprint density at radius 1 is 1.57 bits per heavy atom. The second-order valence-electron chi connectivity index (χ2n) is 3.30. The van der Waals surface area contributed by atoms with Crippen LogP contribution in [0, 0.1) is 0 Å². The molecule has 4 nitrogen and oxygen atoms in total. The lowest BCUT2D eigenvalue weighted by molar-refractivity contribution is -0.137. The topological polar surface area (TPSA) is 66.8 Å². The van der Waals surface area contributed by atoms with Gasteiger partial charge in [-0.25, -0.2) is 0 Å². The molecule has 1 atom stereocenters. The molecule has 1 aliphatic rings. The summed E-state index contributed by atoms with van der Waals surface area (Å²) in [5.41, 5.74) is 0.785. The fourth-order valence-corrected chi connectivity index (χ4v) is 1.67. The Bertz CT molecular complexity index is 372. The molecule has 0 amide bonds. The van der Waals surface area contributed by atoms with Crippen LogP contribution in [0.1, 0.15) is 17.9 Å². The summed E-state index contributed by atoms with van der Waals surface area (Å²) in [4.78, 5) is 10.5. The van der Waals surface area contributed by atoms with E-state index in [1.54, 1.807) is 12.1 Å². The summed E-state index contributed by atoms with van der Waals surface area (Å²) in [6.07, 6.45) is 0.0381. The van der Waals surface area contributed by atoms with E-state index in [-0.39, 0.29) is 18.1 Å². The molecule has 1 unspecified atom stereocenters. The Morgan fingerprint density at radius 3 is 3.07 bits per heavy atom. The minimum absolute atomic E-state index is 0.0381. The molecular formula is C10H10O4. The van der Waals surface area contributed by atoms with Crippen molar-refractivity contribution in [1.29, 1.82) is 0 Å². The predicted octanol–water partition coefficient (Wildman–Crippen LogP) is 1.34. The number of benzene rings is 1. The third kappa shape index (κ3) is 1.39. The molecule has 0 aromatic heterocycles. The molecule has 0 spiro atoms. The van der Waals surface area contributed by atoms with Gasteiger partial charge in [0.05, 0.1) is 13.0 Å². The lowest BCUT2D eigenvalue weighted by Crippen LogP contribution is -2.07. The molecular weight excluding hydrogens is 184 g/mol. The summed E-state index contributed by atoms with van der Waals surface area (Å²) in [6.45, 7) is 0.333. The average Bonchev–Trinajstić information content (AvgIpc) is 2.49. The van der Waals surface area contributed by atoms with Crippen LogP contribution in [0.3, 0.4) is 0 Å². The Balaban J connectivity index is 2.30. The zero-order valence-electron chi connectivity index (χ0n) is 7.43. The van der Waals surface area contributed by atoms with Gasteiger partial charge in [-0.1, -0.05) is 12.1 Å². The van der Waals surface area contributed by atoms with Gasteiger partial charge in [-0.3, -0.25) is 4.79 Å². The van der Waals surface area contributed by atoms with Crippen LogP contribution in [0.5, 0.6) is 11.5 Å². The first-order valence-electron chi connectivity index (χ1n) is 4.35. The molecule has 1 aliphatic heterocycles. The number of para-hydroxylation sites is 1. The summed E-state index contributed by atoms with van der Waals surface area (Å²) >= 11 is 0. The molecule has 4 heteroatoms. The zero-order valence-corrected chi connectivity index (χ0v) is 7.43. The van der Waals surface area contributed by atoms with E-state index in [0.717, 1.165) is 5.56 Å². The van der Waals surface area contributed by atoms with Crippen LogP contribution in [0.15, 0.2) is 18.2 Å². The fraction of sp³-hybridized carbons (Fsp3) is 0.300. The van der Waals surface area contributed by atoms with Gasteiger partial charge in [0.2, 0.25) is 0 Å². The number of carbonyl (C=O) groups is 1. The van der Waals surface area contributed by atoms with Crippen LogP contribution in [0.2, 0.25) is 0 Å². The number of ether oxygens (including phenoxy) is 1. The zero-order chi connectivity index (χ0) is 10.1. The van der Waals surface area contributed by atoms with Crippen molar-refractivity contribution < 1.29 is 19.7 Å². The van der Waals surface area contributed by atoms with Crippen LogP contribution < -0.4 is 4.74 Å². The van der Waals surface area contributed by atoms with Crippen molar-refractivity contribution >= 4 is 5.97 Å². The minimum atomic E-state index is -0.852. The van der Waals surface area contributed by atoms with Gasteiger partial charge in [0.15, 0.2) is 11.5 Å².